The first kappa shape index (κ1) is 22.5. The van der Waals surface area contributed by atoms with Crippen molar-refractivity contribution in [2.24, 2.45) is 0 Å². The first-order valence-electron chi connectivity index (χ1n) is 10.7. The van der Waals surface area contributed by atoms with Crippen molar-refractivity contribution >= 4 is 27.3 Å². The van der Waals surface area contributed by atoms with E-state index >= 15 is 0 Å². The van der Waals surface area contributed by atoms with Crippen LogP contribution in [0.2, 0.25) is 0 Å². The lowest BCUT2D eigenvalue weighted by atomic mass is 10.2. The fourth-order valence-electron chi connectivity index (χ4n) is 3.88. The number of aromatic hydroxyl groups is 1. The topological polar surface area (TPSA) is 102 Å². The van der Waals surface area contributed by atoms with Gasteiger partial charge in [0, 0.05) is 50.6 Å². The average molecular weight is 461 g/mol. The number of amides is 1. The van der Waals surface area contributed by atoms with E-state index < -0.39 is 10.0 Å². The normalized spacial score (nSPS) is 18.4. The summed E-state index contributed by atoms with van der Waals surface area (Å²) in [6.45, 7) is 4.88. The number of hydrogen-bond acceptors (Lipinski definition) is 7. The van der Waals surface area contributed by atoms with Gasteiger partial charge < -0.3 is 20.1 Å². The number of carbonyl (C=O) groups is 1. The Morgan fingerprint density at radius 2 is 1.53 bits per heavy atom. The fraction of sp³-hybridized carbons (Fsp3) is 0.409. The van der Waals surface area contributed by atoms with Crippen LogP contribution in [0.3, 0.4) is 0 Å². The van der Waals surface area contributed by atoms with Crippen LogP contribution < -0.4 is 10.2 Å². The number of nitrogens with one attached hydrogen (secondary N) is 1. The van der Waals surface area contributed by atoms with Crippen LogP contribution in [0.5, 0.6) is 5.75 Å². The number of morpholine rings is 1. The predicted octanol–water partition coefficient (Wildman–Crippen LogP) is 1.17. The van der Waals surface area contributed by atoms with Crippen molar-refractivity contribution in [1.29, 1.82) is 0 Å². The van der Waals surface area contributed by atoms with Gasteiger partial charge in [0.05, 0.1) is 24.7 Å². The average Bonchev–Trinajstić information content (AvgIpc) is 2.81. The fourth-order valence-corrected chi connectivity index (χ4v) is 5.29. The van der Waals surface area contributed by atoms with Gasteiger partial charge >= 0.3 is 0 Å². The van der Waals surface area contributed by atoms with Crippen molar-refractivity contribution < 1.29 is 23.1 Å². The van der Waals surface area contributed by atoms with E-state index in [4.69, 9.17) is 4.74 Å². The molecule has 0 aromatic heterocycles. The van der Waals surface area contributed by atoms with Gasteiger partial charge in [-0.15, -0.1) is 0 Å². The molecular weight excluding hydrogens is 432 g/mol. The van der Waals surface area contributed by atoms with Crippen LogP contribution in [0.15, 0.2) is 53.4 Å². The number of carbonyl (C=O) groups excluding carboxylic acids is 1. The molecule has 10 heteroatoms. The Morgan fingerprint density at radius 3 is 2.16 bits per heavy atom. The van der Waals surface area contributed by atoms with Gasteiger partial charge in [0.1, 0.15) is 5.75 Å². The number of benzene rings is 2. The zero-order valence-corrected chi connectivity index (χ0v) is 18.6. The molecule has 2 aromatic rings. The second kappa shape index (κ2) is 9.86. The second-order valence-electron chi connectivity index (χ2n) is 7.87. The van der Waals surface area contributed by atoms with Crippen molar-refractivity contribution in [3.63, 3.8) is 0 Å². The highest BCUT2D eigenvalue weighted by Gasteiger charge is 2.26. The van der Waals surface area contributed by atoms with E-state index in [1.54, 1.807) is 24.3 Å². The zero-order valence-electron chi connectivity index (χ0n) is 17.8. The SMILES string of the molecule is O=C(CN1CCN(c2ccc(O)cc2)CC1)Nc1ccc(S(=O)(=O)N2CCOCC2)cc1. The number of piperazine rings is 1. The summed E-state index contributed by atoms with van der Waals surface area (Å²) >= 11 is 0. The lowest BCUT2D eigenvalue weighted by Gasteiger charge is -2.35. The molecule has 172 valence electrons. The molecule has 4 rings (SSSR count). The predicted molar refractivity (Wildman–Crippen MR) is 121 cm³/mol. The molecule has 0 bridgehead atoms. The van der Waals surface area contributed by atoms with Gasteiger partial charge in [0.2, 0.25) is 15.9 Å². The summed E-state index contributed by atoms with van der Waals surface area (Å²) in [5.74, 6) is 0.114. The van der Waals surface area contributed by atoms with Gasteiger partial charge in [-0.2, -0.15) is 4.31 Å². The quantitative estimate of drug-likeness (QED) is 0.667. The highest BCUT2D eigenvalue weighted by atomic mass is 32.2. The molecular formula is C22H28N4O5S. The van der Waals surface area contributed by atoms with E-state index in [1.165, 1.54) is 16.4 Å². The highest BCUT2D eigenvalue weighted by molar-refractivity contribution is 7.89. The van der Waals surface area contributed by atoms with Crippen LogP contribution in [-0.4, -0.2) is 87.7 Å². The minimum absolute atomic E-state index is 0.133. The molecule has 32 heavy (non-hydrogen) atoms. The largest absolute Gasteiger partial charge is 0.508 e. The second-order valence-corrected chi connectivity index (χ2v) is 9.81. The molecule has 2 aliphatic heterocycles. The summed E-state index contributed by atoms with van der Waals surface area (Å²) in [5.41, 5.74) is 1.62. The monoisotopic (exact) mass is 460 g/mol. The van der Waals surface area contributed by atoms with Gasteiger partial charge in [-0.05, 0) is 48.5 Å². The molecule has 0 saturated carbocycles. The summed E-state index contributed by atoms with van der Waals surface area (Å²) in [5, 5.41) is 12.3. The molecule has 9 nitrogen and oxygen atoms in total. The molecule has 2 fully saturated rings. The van der Waals surface area contributed by atoms with E-state index in [1.807, 2.05) is 12.1 Å². The molecule has 2 N–H and O–H groups in total. The molecule has 2 aromatic carbocycles. The molecule has 0 radical (unpaired) electrons. The molecule has 2 saturated heterocycles. The van der Waals surface area contributed by atoms with E-state index in [9.17, 15) is 18.3 Å². The summed E-state index contributed by atoms with van der Waals surface area (Å²) < 4.78 is 32.0. The number of hydrogen-bond donors (Lipinski definition) is 2. The summed E-state index contributed by atoms with van der Waals surface area (Å²) in [6, 6.07) is 13.4. The van der Waals surface area contributed by atoms with Crippen molar-refractivity contribution in [1.82, 2.24) is 9.21 Å². The number of anilines is 2. The molecule has 2 heterocycles. The van der Waals surface area contributed by atoms with Crippen molar-refractivity contribution in [3.8, 4) is 5.75 Å². The van der Waals surface area contributed by atoms with E-state index in [-0.39, 0.29) is 23.1 Å². The molecule has 0 unspecified atom stereocenters. The number of ether oxygens (including phenoxy) is 1. The number of nitrogens with zero attached hydrogens (tertiary/aromatic N) is 3. The van der Waals surface area contributed by atoms with E-state index in [2.05, 4.69) is 15.1 Å². The Kier molecular flexibility index (Phi) is 6.95. The third-order valence-electron chi connectivity index (χ3n) is 5.70. The Hall–Kier alpha value is -2.66. The van der Waals surface area contributed by atoms with Crippen molar-refractivity contribution in [3.05, 3.63) is 48.5 Å². The molecule has 0 spiro atoms. The van der Waals surface area contributed by atoms with Gasteiger partial charge in [-0.25, -0.2) is 8.42 Å². The number of phenols is 1. The summed E-state index contributed by atoms with van der Waals surface area (Å²) in [6.07, 6.45) is 0. The van der Waals surface area contributed by atoms with Crippen LogP contribution in [-0.2, 0) is 19.6 Å². The number of rotatable bonds is 6. The zero-order chi connectivity index (χ0) is 22.6. The van der Waals surface area contributed by atoms with Gasteiger partial charge in [0.15, 0.2) is 0 Å². The Morgan fingerprint density at radius 1 is 0.906 bits per heavy atom. The van der Waals surface area contributed by atoms with Crippen LogP contribution in [0, 0.1) is 0 Å². The van der Waals surface area contributed by atoms with Crippen LogP contribution in [0.4, 0.5) is 11.4 Å². The Bertz CT molecular complexity index is 1010. The number of sulfonamides is 1. The number of phenolic OH excluding ortho intramolecular Hbond substituents is 1. The van der Waals surface area contributed by atoms with Gasteiger partial charge in [0.25, 0.3) is 0 Å². The molecule has 1 amide bonds. The first-order valence-corrected chi connectivity index (χ1v) is 12.1. The highest BCUT2D eigenvalue weighted by Crippen LogP contribution is 2.21. The standard InChI is InChI=1S/C22H28N4O5S/c27-20-5-3-19(4-6-20)25-11-9-24(10-12-25)17-22(28)23-18-1-7-21(8-2-18)32(29,30)26-13-15-31-16-14-26/h1-8,27H,9-17H2,(H,23,28). The van der Waals surface area contributed by atoms with E-state index in [0.717, 1.165) is 31.9 Å². The Labute approximate surface area is 188 Å². The summed E-state index contributed by atoms with van der Waals surface area (Å²) in [7, 11) is -3.55. The lowest BCUT2D eigenvalue weighted by Crippen LogP contribution is -2.48. The van der Waals surface area contributed by atoms with Crippen LogP contribution in [0.25, 0.3) is 0 Å². The maximum Gasteiger partial charge on any atom is 0.243 e. The Balaban J connectivity index is 1.27. The molecule has 2 aliphatic rings. The van der Waals surface area contributed by atoms with Gasteiger partial charge in [-0.1, -0.05) is 0 Å². The first-order chi connectivity index (χ1) is 15.4. The lowest BCUT2D eigenvalue weighted by molar-refractivity contribution is -0.117. The van der Waals surface area contributed by atoms with Crippen LogP contribution >= 0.6 is 0 Å². The smallest absolute Gasteiger partial charge is 0.243 e. The van der Waals surface area contributed by atoms with Crippen LogP contribution in [0.1, 0.15) is 0 Å². The van der Waals surface area contributed by atoms with E-state index in [0.29, 0.717) is 32.0 Å². The summed E-state index contributed by atoms with van der Waals surface area (Å²) in [4.78, 5) is 17.0. The van der Waals surface area contributed by atoms with Gasteiger partial charge in [-0.3, -0.25) is 9.69 Å². The third kappa shape index (κ3) is 5.39. The maximum atomic E-state index is 12.7. The third-order valence-corrected chi connectivity index (χ3v) is 7.61. The minimum atomic E-state index is -3.55. The minimum Gasteiger partial charge on any atom is -0.508 e. The van der Waals surface area contributed by atoms with Crippen molar-refractivity contribution in [2.45, 2.75) is 4.90 Å². The molecule has 0 atom stereocenters. The maximum absolute atomic E-state index is 12.7. The van der Waals surface area contributed by atoms with Crippen molar-refractivity contribution in [2.75, 3.05) is 69.2 Å². The molecule has 0 aliphatic carbocycles.